The summed E-state index contributed by atoms with van der Waals surface area (Å²) in [6.45, 7) is 0. The van der Waals surface area contributed by atoms with E-state index in [1.807, 2.05) is 41.2 Å². The number of hydrogen-bond donors (Lipinski definition) is 1. The molecule has 0 saturated heterocycles. The summed E-state index contributed by atoms with van der Waals surface area (Å²) >= 11 is 0.859. The predicted molar refractivity (Wildman–Crippen MR) is 99.4 cm³/mol. The number of nitrogens with one attached hydrogen (secondary N) is 1. The van der Waals surface area contributed by atoms with Gasteiger partial charge in [0.15, 0.2) is 28.9 Å². The first-order valence-electron chi connectivity index (χ1n) is 8.20. The SMILES string of the molecule is Cn1c2ccccc2c2nnc(SCC(=O)Nc3c(F)c(F)cc(F)c3F)nc21. The lowest BCUT2D eigenvalue weighted by Gasteiger charge is -2.08. The Morgan fingerprint density at radius 2 is 1.79 bits per heavy atom. The molecule has 0 radical (unpaired) electrons. The van der Waals surface area contributed by atoms with Crippen LogP contribution >= 0.6 is 11.8 Å². The molecule has 0 aliphatic carbocycles. The fourth-order valence-electron chi connectivity index (χ4n) is 2.84. The summed E-state index contributed by atoms with van der Waals surface area (Å²) in [5.74, 6) is -7.83. The number of fused-ring (bicyclic) bond motifs is 3. The highest BCUT2D eigenvalue weighted by Gasteiger charge is 2.21. The molecule has 2 aromatic carbocycles. The normalized spacial score (nSPS) is 11.3. The molecule has 0 aliphatic heterocycles. The molecule has 1 amide bonds. The molecule has 0 spiro atoms. The first kappa shape index (κ1) is 19.1. The van der Waals surface area contributed by atoms with Crippen molar-refractivity contribution in [2.75, 3.05) is 11.1 Å². The van der Waals surface area contributed by atoms with Crippen molar-refractivity contribution in [3.8, 4) is 0 Å². The third-order valence-electron chi connectivity index (χ3n) is 4.20. The summed E-state index contributed by atoms with van der Waals surface area (Å²) < 4.78 is 55.6. The lowest BCUT2D eigenvalue weighted by atomic mass is 10.2. The van der Waals surface area contributed by atoms with E-state index in [0.29, 0.717) is 11.2 Å². The van der Waals surface area contributed by atoms with E-state index < -0.39 is 34.9 Å². The number of halogens is 4. The van der Waals surface area contributed by atoms with Gasteiger partial charge < -0.3 is 9.88 Å². The third kappa shape index (κ3) is 3.37. The highest BCUT2D eigenvalue weighted by molar-refractivity contribution is 7.99. The monoisotopic (exact) mass is 421 g/mol. The Bertz CT molecular complexity index is 1250. The van der Waals surface area contributed by atoms with Gasteiger partial charge in [-0.25, -0.2) is 22.5 Å². The zero-order valence-corrected chi connectivity index (χ0v) is 15.5. The number of aryl methyl sites for hydroxylation is 1. The van der Waals surface area contributed by atoms with Gasteiger partial charge in [-0.1, -0.05) is 30.0 Å². The van der Waals surface area contributed by atoms with Crippen molar-refractivity contribution in [1.29, 1.82) is 0 Å². The average Bonchev–Trinajstić information content (AvgIpc) is 3.00. The molecule has 148 valence electrons. The van der Waals surface area contributed by atoms with E-state index in [1.165, 1.54) is 0 Å². The Labute approximate surface area is 164 Å². The van der Waals surface area contributed by atoms with Crippen LogP contribution in [0.3, 0.4) is 0 Å². The number of carbonyl (C=O) groups is 1. The van der Waals surface area contributed by atoms with Crippen LogP contribution < -0.4 is 5.32 Å². The number of carbonyl (C=O) groups excluding carboxylic acids is 1. The minimum absolute atomic E-state index is 0.0631. The number of nitrogens with zero attached hydrogens (tertiary/aromatic N) is 4. The van der Waals surface area contributed by atoms with Crippen LogP contribution in [0.1, 0.15) is 0 Å². The molecule has 0 unspecified atom stereocenters. The number of thioether (sulfide) groups is 1. The molecular weight excluding hydrogens is 410 g/mol. The predicted octanol–water partition coefficient (Wildman–Crippen LogP) is 3.80. The van der Waals surface area contributed by atoms with Crippen LogP contribution in [0.25, 0.3) is 22.1 Å². The lowest BCUT2D eigenvalue weighted by Crippen LogP contribution is -2.17. The number of hydrogen-bond acceptors (Lipinski definition) is 5. The van der Waals surface area contributed by atoms with E-state index in [2.05, 4.69) is 15.2 Å². The van der Waals surface area contributed by atoms with Crippen molar-refractivity contribution < 1.29 is 22.4 Å². The smallest absolute Gasteiger partial charge is 0.235 e. The molecular formula is C18H11F4N5OS. The van der Waals surface area contributed by atoms with E-state index in [4.69, 9.17) is 0 Å². The van der Waals surface area contributed by atoms with Gasteiger partial charge in [0.1, 0.15) is 11.2 Å². The van der Waals surface area contributed by atoms with Crippen LogP contribution in [-0.2, 0) is 11.8 Å². The maximum atomic E-state index is 13.6. The molecule has 4 rings (SSSR count). The Kier molecular flexibility index (Phi) is 4.82. The van der Waals surface area contributed by atoms with Crippen LogP contribution in [0.2, 0.25) is 0 Å². The summed E-state index contributed by atoms with van der Waals surface area (Å²) in [6, 6.07) is 7.59. The Morgan fingerprint density at radius 3 is 2.52 bits per heavy atom. The van der Waals surface area contributed by atoms with Crippen LogP contribution in [0.5, 0.6) is 0 Å². The van der Waals surface area contributed by atoms with Crippen LogP contribution in [0.4, 0.5) is 23.2 Å². The van der Waals surface area contributed by atoms with Crippen molar-refractivity contribution >= 4 is 45.4 Å². The fourth-order valence-corrected chi connectivity index (χ4v) is 3.42. The summed E-state index contributed by atoms with van der Waals surface area (Å²) in [5, 5.41) is 11.0. The summed E-state index contributed by atoms with van der Waals surface area (Å²) in [7, 11) is 1.81. The molecule has 4 aromatic rings. The minimum Gasteiger partial charge on any atom is -0.327 e. The first-order chi connectivity index (χ1) is 13.9. The molecule has 0 atom stereocenters. The fraction of sp³-hybridized carbons (Fsp3) is 0.111. The van der Waals surface area contributed by atoms with Gasteiger partial charge in [-0.3, -0.25) is 4.79 Å². The molecule has 0 bridgehead atoms. The van der Waals surface area contributed by atoms with E-state index in [-0.39, 0.29) is 17.0 Å². The second-order valence-corrected chi connectivity index (χ2v) is 6.97. The summed E-state index contributed by atoms with van der Waals surface area (Å²) in [4.78, 5) is 16.4. The Balaban J connectivity index is 1.54. The van der Waals surface area contributed by atoms with E-state index in [9.17, 15) is 22.4 Å². The van der Waals surface area contributed by atoms with Gasteiger partial charge in [0.2, 0.25) is 11.1 Å². The quantitative estimate of drug-likeness (QED) is 0.308. The number of anilines is 1. The topological polar surface area (TPSA) is 72.7 Å². The number of aromatic nitrogens is 4. The average molecular weight is 421 g/mol. The van der Waals surface area contributed by atoms with Crippen molar-refractivity contribution in [3.05, 3.63) is 53.6 Å². The summed E-state index contributed by atoms with van der Waals surface area (Å²) in [6.07, 6.45) is 0. The summed E-state index contributed by atoms with van der Waals surface area (Å²) in [5.41, 5.74) is 0.865. The third-order valence-corrected chi connectivity index (χ3v) is 5.03. The Morgan fingerprint density at radius 1 is 1.10 bits per heavy atom. The second kappa shape index (κ2) is 7.32. The molecule has 2 heterocycles. The van der Waals surface area contributed by atoms with Gasteiger partial charge in [0.25, 0.3) is 0 Å². The van der Waals surface area contributed by atoms with Crippen LogP contribution in [0.15, 0.2) is 35.5 Å². The maximum absolute atomic E-state index is 13.6. The number of rotatable bonds is 4. The van der Waals surface area contributed by atoms with Gasteiger partial charge in [0, 0.05) is 18.5 Å². The van der Waals surface area contributed by atoms with E-state index in [1.54, 1.807) is 0 Å². The largest absolute Gasteiger partial charge is 0.327 e. The lowest BCUT2D eigenvalue weighted by molar-refractivity contribution is -0.113. The zero-order chi connectivity index (χ0) is 20.7. The van der Waals surface area contributed by atoms with E-state index >= 15 is 0 Å². The number of benzene rings is 2. The molecule has 2 aromatic heterocycles. The highest BCUT2D eigenvalue weighted by atomic mass is 32.2. The molecule has 0 fully saturated rings. The van der Waals surface area contributed by atoms with Gasteiger partial charge >= 0.3 is 0 Å². The van der Waals surface area contributed by atoms with Crippen molar-refractivity contribution in [3.63, 3.8) is 0 Å². The van der Waals surface area contributed by atoms with Gasteiger partial charge in [0.05, 0.1) is 11.3 Å². The first-order valence-corrected chi connectivity index (χ1v) is 9.19. The van der Waals surface area contributed by atoms with E-state index in [0.717, 1.165) is 22.7 Å². The van der Waals surface area contributed by atoms with Crippen LogP contribution in [0, 0.1) is 23.3 Å². The van der Waals surface area contributed by atoms with Gasteiger partial charge in [-0.05, 0) is 6.07 Å². The van der Waals surface area contributed by atoms with Gasteiger partial charge in [-0.2, -0.15) is 0 Å². The van der Waals surface area contributed by atoms with Crippen molar-refractivity contribution in [1.82, 2.24) is 19.7 Å². The number of amides is 1. The molecule has 29 heavy (non-hydrogen) atoms. The molecule has 0 saturated carbocycles. The number of para-hydroxylation sites is 1. The van der Waals surface area contributed by atoms with Crippen LogP contribution in [-0.4, -0.2) is 31.4 Å². The standard InChI is InChI=1S/C18H11F4N5OS/c1-27-11-5-3-2-4-8(11)15-17(27)24-18(26-25-15)29-7-12(28)23-16-13(21)9(19)6-10(20)14(16)22/h2-6H,7H2,1H3,(H,23,28). The highest BCUT2D eigenvalue weighted by Crippen LogP contribution is 2.27. The molecule has 11 heteroatoms. The Hall–Kier alpha value is -3.21. The van der Waals surface area contributed by atoms with Gasteiger partial charge in [-0.15, -0.1) is 10.2 Å². The van der Waals surface area contributed by atoms with Crippen molar-refractivity contribution in [2.45, 2.75) is 5.16 Å². The zero-order valence-electron chi connectivity index (χ0n) is 14.7. The molecule has 0 aliphatic rings. The maximum Gasteiger partial charge on any atom is 0.235 e. The molecule has 1 N–H and O–H groups in total. The molecule has 6 nitrogen and oxygen atoms in total. The second-order valence-electron chi connectivity index (χ2n) is 6.02. The minimum atomic E-state index is -1.68. The van der Waals surface area contributed by atoms with Crippen molar-refractivity contribution in [2.24, 2.45) is 7.05 Å².